The lowest BCUT2D eigenvalue weighted by Crippen LogP contribution is -2.14. The Kier molecular flexibility index (Phi) is 4.91. The lowest BCUT2D eigenvalue weighted by Gasteiger charge is -2.07. The highest BCUT2D eigenvalue weighted by Crippen LogP contribution is 2.25. The van der Waals surface area contributed by atoms with E-state index in [0.717, 1.165) is 22.5 Å². The number of halogens is 1. The number of aromatic nitrogens is 3. The van der Waals surface area contributed by atoms with Crippen LogP contribution in [0.2, 0.25) is 5.02 Å². The van der Waals surface area contributed by atoms with E-state index < -0.39 is 0 Å². The van der Waals surface area contributed by atoms with E-state index in [1.165, 1.54) is 0 Å². The highest BCUT2D eigenvalue weighted by molar-refractivity contribution is 6.30. The molecule has 6 heteroatoms. The van der Waals surface area contributed by atoms with Gasteiger partial charge < -0.3 is 5.32 Å². The number of rotatable bonds is 4. The molecule has 5 nitrogen and oxygen atoms in total. The molecule has 138 valence electrons. The standard InChI is InChI=1S/C22H17ClN4O/c1-15-12-17(23)9-10-19(15)25-22(28)20-13-21(16-6-5-11-24-14-16)27(26-20)18-7-3-2-4-8-18/h2-14H,1H3,(H,25,28). The molecule has 0 unspecified atom stereocenters. The first-order chi connectivity index (χ1) is 13.6. The number of carbonyl (C=O) groups is 1. The molecule has 2 heterocycles. The van der Waals surface area contributed by atoms with Gasteiger partial charge in [-0.3, -0.25) is 9.78 Å². The lowest BCUT2D eigenvalue weighted by atomic mass is 10.1. The highest BCUT2D eigenvalue weighted by Gasteiger charge is 2.17. The minimum absolute atomic E-state index is 0.287. The predicted molar refractivity (Wildman–Crippen MR) is 111 cm³/mol. The molecule has 0 aliphatic rings. The van der Waals surface area contributed by atoms with Crippen LogP contribution in [0.25, 0.3) is 16.9 Å². The molecular weight excluding hydrogens is 372 g/mol. The summed E-state index contributed by atoms with van der Waals surface area (Å²) in [6, 6.07) is 20.6. The van der Waals surface area contributed by atoms with Crippen LogP contribution in [-0.4, -0.2) is 20.7 Å². The zero-order chi connectivity index (χ0) is 19.5. The predicted octanol–water partition coefficient (Wildman–Crippen LogP) is 5.15. The third-order valence-electron chi connectivity index (χ3n) is 4.34. The maximum Gasteiger partial charge on any atom is 0.276 e. The fourth-order valence-electron chi connectivity index (χ4n) is 2.93. The Morgan fingerprint density at radius 1 is 1.04 bits per heavy atom. The number of carbonyl (C=O) groups excluding carboxylic acids is 1. The van der Waals surface area contributed by atoms with E-state index in [2.05, 4.69) is 15.4 Å². The van der Waals surface area contributed by atoms with Crippen molar-refractivity contribution in [2.75, 3.05) is 5.32 Å². The smallest absolute Gasteiger partial charge is 0.276 e. The number of nitrogens with zero attached hydrogens (tertiary/aromatic N) is 3. The molecule has 4 rings (SSSR count). The molecule has 2 aromatic carbocycles. The van der Waals surface area contributed by atoms with Crippen LogP contribution in [0, 0.1) is 6.92 Å². The van der Waals surface area contributed by atoms with Crippen LogP contribution in [0.4, 0.5) is 5.69 Å². The maximum absolute atomic E-state index is 12.8. The number of nitrogens with one attached hydrogen (secondary N) is 1. The van der Waals surface area contributed by atoms with Crippen molar-refractivity contribution in [3.05, 3.63) is 95.4 Å². The summed E-state index contributed by atoms with van der Waals surface area (Å²) in [4.78, 5) is 17.0. The summed E-state index contributed by atoms with van der Waals surface area (Å²) in [6.45, 7) is 1.89. The van der Waals surface area contributed by atoms with Gasteiger partial charge in [0.05, 0.1) is 11.4 Å². The van der Waals surface area contributed by atoms with E-state index in [0.29, 0.717) is 16.4 Å². The topological polar surface area (TPSA) is 59.8 Å². The second kappa shape index (κ2) is 7.66. The average Bonchev–Trinajstić information content (AvgIpc) is 3.17. The van der Waals surface area contributed by atoms with Crippen molar-refractivity contribution in [3.8, 4) is 16.9 Å². The minimum Gasteiger partial charge on any atom is -0.320 e. The van der Waals surface area contributed by atoms with E-state index in [4.69, 9.17) is 11.6 Å². The van der Waals surface area contributed by atoms with Crippen molar-refractivity contribution in [1.82, 2.24) is 14.8 Å². The molecule has 0 bridgehead atoms. The Morgan fingerprint density at radius 3 is 2.57 bits per heavy atom. The second-order valence-corrected chi connectivity index (χ2v) is 6.75. The molecule has 0 saturated carbocycles. The normalized spacial score (nSPS) is 10.6. The lowest BCUT2D eigenvalue weighted by molar-refractivity contribution is 0.102. The number of amides is 1. The fourth-order valence-corrected chi connectivity index (χ4v) is 3.16. The molecule has 0 spiro atoms. The number of para-hydroxylation sites is 1. The largest absolute Gasteiger partial charge is 0.320 e. The summed E-state index contributed by atoms with van der Waals surface area (Å²) in [7, 11) is 0. The zero-order valence-corrected chi connectivity index (χ0v) is 15.9. The molecule has 1 amide bonds. The second-order valence-electron chi connectivity index (χ2n) is 6.32. The Balaban J connectivity index is 1.74. The van der Waals surface area contributed by atoms with Gasteiger partial charge in [0.25, 0.3) is 5.91 Å². The van der Waals surface area contributed by atoms with Gasteiger partial charge in [-0.25, -0.2) is 4.68 Å². The minimum atomic E-state index is -0.287. The van der Waals surface area contributed by atoms with Crippen molar-refractivity contribution in [3.63, 3.8) is 0 Å². The van der Waals surface area contributed by atoms with Crippen LogP contribution in [-0.2, 0) is 0 Å². The number of anilines is 1. The molecule has 0 radical (unpaired) electrons. The van der Waals surface area contributed by atoms with Gasteiger partial charge in [-0.2, -0.15) is 5.10 Å². The molecule has 0 atom stereocenters. The third kappa shape index (κ3) is 3.66. The Hall–Kier alpha value is -3.44. The number of benzene rings is 2. The summed E-state index contributed by atoms with van der Waals surface area (Å²) < 4.78 is 1.75. The first-order valence-corrected chi connectivity index (χ1v) is 9.13. The quantitative estimate of drug-likeness (QED) is 0.526. The molecule has 0 saturated heterocycles. The third-order valence-corrected chi connectivity index (χ3v) is 4.57. The van der Waals surface area contributed by atoms with Gasteiger partial charge in [0.15, 0.2) is 5.69 Å². The van der Waals surface area contributed by atoms with Gasteiger partial charge in [0, 0.05) is 28.7 Å². The first-order valence-electron chi connectivity index (χ1n) is 8.75. The van der Waals surface area contributed by atoms with E-state index in [9.17, 15) is 4.79 Å². The Morgan fingerprint density at radius 2 is 1.86 bits per heavy atom. The van der Waals surface area contributed by atoms with Crippen LogP contribution < -0.4 is 5.32 Å². The van der Waals surface area contributed by atoms with E-state index in [1.54, 1.807) is 41.3 Å². The average molecular weight is 389 g/mol. The Bertz CT molecular complexity index is 1070. The van der Waals surface area contributed by atoms with E-state index in [1.807, 2.05) is 49.4 Å². The van der Waals surface area contributed by atoms with Gasteiger partial charge in [-0.05, 0) is 61.0 Å². The fraction of sp³-hybridized carbons (Fsp3) is 0.0455. The summed E-state index contributed by atoms with van der Waals surface area (Å²) in [5.74, 6) is -0.287. The van der Waals surface area contributed by atoms with Gasteiger partial charge in [-0.15, -0.1) is 0 Å². The van der Waals surface area contributed by atoms with E-state index in [-0.39, 0.29) is 5.91 Å². The van der Waals surface area contributed by atoms with Gasteiger partial charge in [0.1, 0.15) is 0 Å². The molecule has 4 aromatic rings. The molecule has 1 N–H and O–H groups in total. The number of pyridine rings is 1. The molecule has 0 fully saturated rings. The summed E-state index contributed by atoms with van der Waals surface area (Å²) in [5, 5.41) is 8.09. The number of hydrogen-bond donors (Lipinski definition) is 1. The van der Waals surface area contributed by atoms with Crippen LogP contribution in [0.15, 0.2) is 79.1 Å². The summed E-state index contributed by atoms with van der Waals surface area (Å²) in [6.07, 6.45) is 3.46. The maximum atomic E-state index is 12.8. The van der Waals surface area contributed by atoms with Gasteiger partial charge in [0.2, 0.25) is 0 Å². The van der Waals surface area contributed by atoms with Crippen molar-refractivity contribution in [1.29, 1.82) is 0 Å². The van der Waals surface area contributed by atoms with Gasteiger partial charge in [-0.1, -0.05) is 29.8 Å². The first kappa shape index (κ1) is 17.9. The zero-order valence-electron chi connectivity index (χ0n) is 15.1. The van der Waals surface area contributed by atoms with Crippen molar-refractivity contribution >= 4 is 23.2 Å². The van der Waals surface area contributed by atoms with Crippen molar-refractivity contribution in [2.45, 2.75) is 6.92 Å². The van der Waals surface area contributed by atoms with Crippen LogP contribution in [0.3, 0.4) is 0 Å². The molecule has 2 aromatic heterocycles. The van der Waals surface area contributed by atoms with Gasteiger partial charge >= 0.3 is 0 Å². The van der Waals surface area contributed by atoms with Crippen LogP contribution in [0.1, 0.15) is 16.1 Å². The molecule has 0 aliphatic carbocycles. The summed E-state index contributed by atoms with van der Waals surface area (Å²) in [5.41, 5.74) is 4.43. The van der Waals surface area contributed by atoms with Crippen LogP contribution >= 0.6 is 11.6 Å². The number of hydrogen-bond acceptors (Lipinski definition) is 3. The summed E-state index contributed by atoms with van der Waals surface area (Å²) >= 11 is 6.00. The number of aryl methyl sites for hydroxylation is 1. The van der Waals surface area contributed by atoms with Crippen molar-refractivity contribution < 1.29 is 4.79 Å². The highest BCUT2D eigenvalue weighted by atomic mass is 35.5. The van der Waals surface area contributed by atoms with E-state index >= 15 is 0 Å². The van der Waals surface area contributed by atoms with Crippen molar-refractivity contribution in [2.24, 2.45) is 0 Å². The molecule has 0 aliphatic heterocycles. The monoisotopic (exact) mass is 388 g/mol. The SMILES string of the molecule is Cc1cc(Cl)ccc1NC(=O)c1cc(-c2cccnc2)n(-c2ccccc2)n1. The molecular formula is C22H17ClN4O. The Labute approximate surface area is 167 Å². The molecule has 28 heavy (non-hydrogen) atoms. The van der Waals surface area contributed by atoms with Crippen LogP contribution in [0.5, 0.6) is 0 Å².